The summed E-state index contributed by atoms with van der Waals surface area (Å²) in [4.78, 5) is 14.8. The van der Waals surface area contributed by atoms with Gasteiger partial charge in [0.25, 0.3) is 5.91 Å². The van der Waals surface area contributed by atoms with E-state index in [1.807, 2.05) is 18.2 Å². The number of benzene rings is 2. The number of amides is 1. The van der Waals surface area contributed by atoms with E-state index in [1.165, 1.54) is 11.1 Å². The van der Waals surface area contributed by atoms with Crippen molar-refractivity contribution < 1.29 is 14.4 Å². The van der Waals surface area contributed by atoms with Crippen molar-refractivity contribution >= 4 is 5.91 Å². The van der Waals surface area contributed by atoms with Crippen LogP contribution in [0.15, 0.2) is 40.9 Å². The van der Waals surface area contributed by atoms with Crippen LogP contribution in [-0.4, -0.2) is 41.7 Å². The van der Waals surface area contributed by atoms with Crippen molar-refractivity contribution in [3.05, 3.63) is 58.8 Å². The maximum absolute atomic E-state index is 12.5. The molecule has 0 unspecified atom stereocenters. The van der Waals surface area contributed by atoms with E-state index in [2.05, 4.69) is 48.4 Å². The van der Waals surface area contributed by atoms with Crippen molar-refractivity contribution in [3.63, 3.8) is 0 Å². The van der Waals surface area contributed by atoms with Crippen molar-refractivity contribution in [2.45, 2.75) is 32.7 Å². The molecule has 2 N–H and O–H groups in total. The number of likely N-dealkylation sites (N-methyl/N-ethyl adjacent to an activating group) is 1. The van der Waals surface area contributed by atoms with Crippen LogP contribution in [0.1, 0.15) is 46.9 Å². The molecule has 156 valence electrons. The lowest BCUT2D eigenvalue weighted by Crippen LogP contribution is -2.26. The zero-order valence-electron chi connectivity index (χ0n) is 17.8. The highest BCUT2D eigenvalue weighted by Gasteiger charge is 2.27. The van der Waals surface area contributed by atoms with E-state index < -0.39 is 0 Å². The van der Waals surface area contributed by atoms with Crippen LogP contribution in [0.4, 0.5) is 0 Å². The topological polar surface area (TPSA) is 78.6 Å². The number of phenols is 1. The summed E-state index contributed by atoms with van der Waals surface area (Å²) >= 11 is 0. The van der Waals surface area contributed by atoms with Crippen LogP contribution in [0.2, 0.25) is 0 Å². The average Bonchev–Trinajstić information content (AvgIpc) is 3.17. The molecule has 6 heteroatoms. The third kappa shape index (κ3) is 3.59. The Bertz CT molecular complexity index is 1100. The summed E-state index contributed by atoms with van der Waals surface area (Å²) in [7, 11) is 3.68. The summed E-state index contributed by atoms with van der Waals surface area (Å²) in [5.74, 6) is 0.466. The van der Waals surface area contributed by atoms with Gasteiger partial charge in [0.05, 0.1) is 11.1 Å². The molecule has 0 aliphatic carbocycles. The number of carbonyl (C=O) groups excluding carboxylic acids is 1. The first-order valence-electron chi connectivity index (χ1n) is 10.2. The van der Waals surface area contributed by atoms with Crippen molar-refractivity contribution in [1.82, 2.24) is 15.4 Å². The molecule has 1 aliphatic rings. The van der Waals surface area contributed by atoms with E-state index in [9.17, 15) is 9.90 Å². The molecule has 30 heavy (non-hydrogen) atoms. The summed E-state index contributed by atoms with van der Waals surface area (Å²) < 4.78 is 5.66. The minimum Gasteiger partial charge on any atom is -0.507 e. The molecule has 6 nitrogen and oxygen atoms in total. The number of rotatable bonds is 4. The first kappa shape index (κ1) is 20.2. The van der Waals surface area contributed by atoms with Crippen LogP contribution in [0.3, 0.4) is 0 Å². The van der Waals surface area contributed by atoms with Crippen LogP contribution < -0.4 is 5.32 Å². The largest absolute Gasteiger partial charge is 0.507 e. The average molecular weight is 405 g/mol. The third-order valence-corrected chi connectivity index (χ3v) is 5.76. The monoisotopic (exact) mass is 405 g/mol. The summed E-state index contributed by atoms with van der Waals surface area (Å²) in [5, 5.41) is 17.3. The van der Waals surface area contributed by atoms with Gasteiger partial charge in [0.15, 0.2) is 11.5 Å². The first-order valence-corrected chi connectivity index (χ1v) is 10.2. The Balaban J connectivity index is 1.91. The van der Waals surface area contributed by atoms with Crippen LogP contribution in [0, 0.1) is 0 Å². The van der Waals surface area contributed by atoms with Gasteiger partial charge in [-0.25, -0.2) is 0 Å². The number of hydrogen-bond donors (Lipinski definition) is 2. The molecular formula is C24H27N3O3. The molecule has 1 aromatic heterocycles. The number of carbonyl (C=O) groups is 1. The SMILES string of the molecule is CNC(=O)c1noc(-c2cc(C(C)C)ccc2O)c1-c1ccc2c(c1)CCN(C)C2. The fraction of sp³-hybridized carbons (Fsp3) is 0.333. The lowest BCUT2D eigenvalue weighted by Gasteiger charge is -2.25. The molecule has 0 bridgehead atoms. The Morgan fingerprint density at radius 1 is 1.20 bits per heavy atom. The first-order chi connectivity index (χ1) is 14.4. The Hall–Kier alpha value is -3.12. The van der Waals surface area contributed by atoms with E-state index in [0.717, 1.165) is 30.6 Å². The minimum absolute atomic E-state index is 0.0971. The quantitative estimate of drug-likeness (QED) is 0.681. The van der Waals surface area contributed by atoms with E-state index in [-0.39, 0.29) is 23.3 Å². The molecule has 4 rings (SSSR count). The van der Waals surface area contributed by atoms with Gasteiger partial charge in [0, 0.05) is 20.1 Å². The van der Waals surface area contributed by atoms with Crippen molar-refractivity contribution in [1.29, 1.82) is 0 Å². The van der Waals surface area contributed by atoms with Gasteiger partial charge < -0.3 is 19.8 Å². The summed E-state index contributed by atoms with van der Waals surface area (Å²) in [5.41, 5.74) is 5.85. The maximum Gasteiger partial charge on any atom is 0.273 e. The summed E-state index contributed by atoms with van der Waals surface area (Å²) in [6.45, 7) is 6.08. The minimum atomic E-state index is -0.322. The van der Waals surface area contributed by atoms with Crippen LogP contribution in [-0.2, 0) is 13.0 Å². The third-order valence-electron chi connectivity index (χ3n) is 5.76. The fourth-order valence-electron chi connectivity index (χ4n) is 3.96. The number of aromatic nitrogens is 1. The standard InChI is InChI=1S/C24H27N3O3/c1-14(2)15-7-8-20(28)19(12-15)23-21(22(26-30-23)24(29)25-3)17-5-6-18-13-27(4)10-9-16(18)11-17/h5-8,11-12,14,28H,9-10,13H2,1-4H3,(H,25,29). The second-order valence-corrected chi connectivity index (χ2v) is 8.22. The van der Waals surface area contributed by atoms with Crippen LogP contribution in [0.5, 0.6) is 5.75 Å². The predicted octanol–water partition coefficient (Wildman–Crippen LogP) is 4.19. The molecule has 3 aromatic rings. The number of hydrogen-bond acceptors (Lipinski definition) is 5. The Morgan fingerprint density at radius 3 is 2.73 bits per heavy atom. The highest BCUT2D eigenvalue weighted by molar-refractivity contribution is 6.02. The highest BCUT2D eigenvalue weighted by atomic mass is 16.5. The maximum atomic E-state index is 12.5. The summed E-state index contributed by atoms with van der Waals surface area (Å²) in [6.07, 6.45) is 0.948. The molecule has 0 saturated heterocycles. The zero-order chi connectivity index (χ0) is 21.4. The molecular weight excluding hydrogens is 378 g/mol. The van der Waals surface area contributed by atoms with Gasteiger partial charge in [0.1, 0.15) is 5.75 Å². The molecule has 0 spiro atoms. The molecule has 0 radical (unpaired) electrons. The van der Waals surface area contributed by atoms with Crippen molar-refractivity contribution in [3.8, 4) is 28.2 Å². The van der Waals surface area contributed by atoms with Gasteiger partial charge in [0.2, 0.25) is 0 Å². The van der Waals surface area contributed by atoms with Gasteiger partial charge in [-0.2, -0.15) is 0 Å². The number of aromatic hydroxyl groups is 1. The number of nitrogens with zero attached hydrogens (tertiary/aromatic N) is 2. The molecule has 1 aliphatic heterocycles. The molecule has 0 fully saturated rings. The van der Waals surface area contributed by atoms with E-state index in [1.54, 1.807) is 13.1 Å². The van der Waals surface area contributed by atoms with Gasteiger partial charge in [-0.3, -0.25) is 4.79 Å². The lowest BCUT2D eigenvalue weighted by atomic mass is 9.91. The van der Waals surface area contributed by atoms with E-state index in [0.29, 0.717) is 16.9 Å². The predicted molar refractivity (Wildman–Crippen MR) is 117 cm³/mol. The van der Waals surface area contributed by atoms with Gasteiger partial charge in [-0.15, -0.1) is 0 Å². The number of nitrogens with one attached hydrogen (secondary N) is 1. The molecule has 1 amide bonds. The second kappa shape index (κ2) is 7.95. The lowest BCUT2D eigenvalue weighted by molar-refractivity contribution is 0.0955. The van der Waals surface area contributed by atoms with Gasteiger partial charge in [-0.1, -0.05) is 43.3 Å². The number of phenolic OH excluding ortho intramolecular Hbond substituents is 1. The highest BCUT2D eigenvalue weighted by Crippen LogP contribution is 2.41. The fourth-order valence-corrected chi connectivity index (χ4v) is 3.96. The Kier molecular flexibility index (Phi) is 5.35. The smallest absolute Gasteiger partial charge is 0.273 e. The Morgan fingerprint density at radius 2 is 2.00 bits per heavy atom. The molecule has 2 aromatic carbocycles. The molecule has 0 saturated carbocycles. The van der Waals surface area contributed by atoms with Gasteiger partial charge >= 0.3 is 0 Å². The van der Waals surface area contributed by atoms with Crippen LogP contribution >= 0.6 is 0 Å². The molecule has 2 heterocycles. The Labute approximate surface area is 176 Å². The summed E-state index contributed by atoms with van der Waals surface area (Å²) in [6, 6.07) is 11.7. The zero-order valence-corrected chi connectivity index (χ0v) is 17.8. The molecule has 0 atom stereocenters. The van der Waals surface area contributed by atoms with Crippen molar-refractivity contribution in [2.24, 2.45) is 0 Å². The second-order valence-electron chi connectivity index (χ2n) is 8.22. The van der Waals surface area contributed by atoms with Crippen molar-refractivity contribution in [2.75, 3.05) is 20.6 Å². The van der Waals surface area contributed by atoms with Crippen LogP contribution in [0.25, 0.3) is 22.5 Å². The normalized spacial score (nSPS) is 14.0. The van der Waals surface area contributed by atoms with E-state index >= 15 is 0 Å². The van der Waals surface area contributed by atoms with E-state index in [4.69, 9.17) is 4.52 Å². The van der Waals surface area contributed by atoms with Gasteiger partial charge in [-0.05, 0) is 53.8 Å². The number of fused-ring (bicyclic) bond motifs is 1.